The molecule has 2 aromatic carbocycles. The number of oxazole rings is 1. The molecule has 26 heavy (non-hydrogen) atoms. The summed E-state index contributed by atoms with van der Waals surface area (Å²) in [6.45, 7) is 0.339. The van der Waals surface area contributed by atoms with Gasteiger partial charge < -0.3 is 4.42 Å². The fourth-order valence-electron chi connectivity index (χ4n) is 2.51. The topological polar surface area (TPSA) is 93.3 Å². The molecule has 0 fully saturated rings. The van der Waals surface area contributed by atoms with Gasteiger partial charge in [0, 0.05) is 23.6 Å². The maximum atomic E-state index is 11.9. The molecule has 1 heterocycles. The van der Waals surface area contributed by atoms with E-state index in [1.54, 1.807) is 36.4 Å². The summed E-state index contributed by atoms with van der Waals surface area (Å²) >= 11 is 5.82. The number of amides is 2. The van der Waals surface area contributed by atoms with Gasteiger partial charge in [0.1, 0.15) is 0 Å². The Morgan fingerprint density at radius 2 is 1.88 bits per heavy atom. The number of hydrazine groups is 1. The van der Waals surface area contributed by atoms with Gasteiger partial charge >= 0.3 is 5.76 Å². The maximum Gasteiger partial charge on any atom is 0.419 e. The first-order valence-corrected chi connectivity index (χ1v) is 8.35. The number of carbonyl (C=O) groups excluding carboxylic acids is 2. The number of halogens is 1. The Bertz CT molecular complexity index is 1010. The van der Waals surface area contributed by atoms with Crippen LogP contribution in [0.4, 0.5) is 0 Å². The van der Waals surface area contributed by atoms with Gasteiger partial charge in [0.25, 0.3) is 5.91 Å². The molecular weight excluding hydrogens is 358 g/mol. The van der Waals surface area contributed by atoms with Gasteiger partial charge in [-0.25, -0.2) is 4.79 Å². The molecule has 0 bridgehead atoms. The minimum absolute atomic E-state index is 0.141. The maximum absolute atomic E-state index is 11.9. The van der Waals surface area contributed by atoms with Gasteiger partial charge in [0.15, 0.2) is 5.58 Å². The Balaban J connectivity index is 1.49. The first kappa shape index (κ1) is 17.8. The lowest BCUT2D eigenvalue weighted by molar-refractivity contribution is -0.122. The molecule has 2 N–H and O–H groups in total. The smallest absolute Gasteiger partial charge is 0.408 e. The third-order valence-corrected chi connectivity index (χ3v) is 4.00. The number of nitrogens with zero attached hydrogens (tertiary/aromatic N) is 1. The molecule has 0 atom stereocenters. The minimum Gasteiger partial charge on any atom is -0.408 e. The number of para-hydroxylation sites is 2. The number of nitrogens with one attached hydrogen (secondary N) is 2. The average molecular weight is 374 g/mol. The van der Waals surface area contributed by atoms with Crippen molar-refractivity contribution in [3.63, 3.8) is 0 Å². The van der Waals surface area contributed by atoms with Crippen LogP contribution < -0.4 is 16.6 Å². The van der Waals surface area contributed by atoms with Crippen molar-refractivity contribution in [1.82, 2.24) is 15.4 Å². The molecule has 8 heteroatoms. The third kappa shape index (κ3) is 4.12. The highest BCUT2D eigenvalue weighted by molar-refractivity contribution is 6.30. The second kappa shape index (κ2) is 7.88. The number of aryl methyl sites for hydroxylation is 1. The molecule has 134 valence electrons. The lowest BCUT2D eigenvalue weighted by atomic mass is 10.2. The van der Waals surface area contributed by atoms with Crippen LogP contribution in [0, 0.1) is 0 Å². The summed E-state index contributed by atoms with van der Waals surface area (Å²) in [4.78, 5) is 35.6. The highest BCUT2D eigenvalue weighted by Crippen LogP contribution is 2.12. The Hall–Kier alpha value is -3.06. The van der Waals surface area contributed by atoms with Crippen LogP contribution in [0.5, 0.6) is 0 Å². The van der Waals surface area contributed by atoms with Crippen LogP contribution in [0.25, 0.3) is 11.1 Å². The molecule has 3 aromatic rings. The van der Waals surface area contributed by atoms with Crippen molar-refractivity contribution in [2.75, 3.05) is 0 Å². The second-order valence-corrected chi connectivity index (χ2v) is 6.04. The first-order chi connectivity index (χ1) is 12.5. The summed E-state index contributed by atoms with van der Waals surface area (Å²) in [6, 6.07) is 13.5. The lowest BCUT2D eigenvalue weighted by Crippen LogP contribution is -2.41. The van der Waals surface area contributed by atoms with E-state index >= 15 is 0 Å². The molecule has 3 rings (SSSR count). The number of hydrogen-bond acceptors (Lipinski definition) is 4. The first-order valence-electron chi connectivity index (χ1n) is 7.98. The van der Waals surface area contributed by atoms with Gasteiger partial charge in [-0.15, -0.1) is 0 Å². The predicted octanol–water partition coefficient (Wildman–Crippen LogP) is 2.49. The highest BCUT2D eigenvalue weighted by atomic mass is 35.5. The molecule has 2 amide bonds. The molecule has 0 saturated heterocycles. The zero-order valence-corrected chi connectivity index (χ0v) is 14.5. The standard InChI is InChI=1S/C18H16ClN3O4/c19-13-6-3-5-12(11-13)17(24)21-20-16(23)9-4-10-22-14-7-1-2-8-15(14)26-18(22)25/h1-3,5-8,11H,4,9-10H2,(H,20,23)(H,21,24). The van der Waals surface area contributed by atoms with E-state index in [0.29, 0.717) is 34.7 Å². The molecule has 0 radical (unpaired) electrons. The molecule has 0 aliphatic heterocycles. The van der Waals surface area contributed by atoms with Crippen molar-refractivity contribution in [3.05, 3.63) is 69.7 Å². The normalized spacial score (nSPS) is 10.7. The molecule has 1 aromatic heterocycles. The van der Waals surface area contributed by atoms with Crippen molar-refractivity contribution in [2.45, 2.75) is 19.4 Å². The Morgan fingerprint density at radius 1 is 1.08 bits per heavy atom. The van der Waals surface area contributed by atoms with E-state index in [1.165, 1.54) is 10.6 Å². The molecule has 0 saturated carbocycles. The van der Waals surface area contributed by atoms with E-state index in [1.807, 2.05) is 6.07 Å². The van der Waals surface area contributed by atoms with Crippen molar-refractivity contribution in [2.24, 2.45) is 0 Å². The van der Waals surface area contributed by atoms with Gasteiger partial charge in [-0.1, -0.05) is 29.8 Å². The molecular formula is C18H16ClN3O4. The van der Waals surface area contributed by atoms with Crippen LogP contribution in [-0.2, 0) is 11.3 Å². The van der Waals surface area contributed by atoms with Gasteiger partial charge in [-0.3, -0.25) is 25.0 Å². The van der Waals surface area contributed by atoms with Crippen molar-refractivity contribution < 1.29 is 14.0 Å². The summed E-state index contributed by atoms with van der Waals surface area (Å²) in [5.74, 6) is -1.28. The van der Waals surface area contributed by atoms with Crippen LogP contribution in [0.3, 0.4) is 0 Å². The van der Waals surface area contributed by atoms with Crippen molar-refractivity contribution >= 4 is 34.5 Å². The number of benzene rings is 2. The van der Waals surface area contributed by atoms with E-state index in [9.17, 15) is 14.4 Å². The lowest BCUT2D eigenvalue weighted by Gasteiger charge is -2.08. The zero-order valence-electron chi connectivity index (χ0n) is 13.7. The van der Waals surface area contributed by atoms with Crippen LogP contribution in [0.2, 0.25) is 5.02 Å². The zero-order chi connectivity index (χ0) is 18.5. The molecule has 0 aliphatic carbocycles. The third-order valence-electron chi connectivity index (χ3n) is 3.76. The number of carbonyl (C=O) groups is 2. The fourth-order valence-corrected chi connectivity index (χ4v) is 2.70. The van der Waals surface area contributed by atoms with E-state index in [-0.39, 0.29) is 12.3 Å². The van der Waals surface area contributed by atoms with E-state index in [2.05, 4.69) is 10.9 Å². The van der Waals surface area contributed by atoms with Gasteiger partial charge in [0.05, 0.1) is 5.52 Å². The quantitative estimate of drug-likeness (QED) is 0.672. The SMILES string of the molecule is O=C(CCCn1c(=O)oc2ccccc21)NNC(=O)c1cccc(Cl)c1. The van der Waals surface area contributed by atoms with Gasteiger partial charge in [-0.2, -0.15) is 0 Å². The number of aromatic nitrogens is 1. The minimum atomic E-state index is -0.460. The van der Waals surface area contributed by atoms with Crippen LogP contribution in [-0.4, -0.2) is 16.4 Å². The summed E-state index contributed by atoms with van der Waals surface area (Å²) in [5, 5.41) is 0.432. The van der Waals surface area contributed by atoms with Crippen molar-refractivity contribution in [1.29, 1.82) is 0 Å². The largest absolute Gasteiger partial charge is 0.419 e. The molecule has 0 spiro atoms. The fraction of sp³-hybridized carbons (Fsp3) is 0.167. The van der Waals surface area contributed by atoms with Gasteiger partial charge in [-0.05, 0) is 36.8 Å². The number of hydrogen-bond donors (Lipinski definition) is 2. The van der Waals surface area contributed by atoms with Crippen LogP contribution >= 0.6 is 11.6 Å². The van der Waals surface area contributed by atoms with Crippen molar-refractivity contribution in [3.8, 4) is 0 Å². The van der Waals surface area contributed by atoms with E-state index < -0.39 is 11.7 Å². The van der Waals surface area contributed by atoms with Crippen LogP contribution in [0.1, 0.15) is 23.2 Å². The number of rotatable bonds is 5. The monoisotopic (exact) mass is 373 g/mol. The Labute approximate surface area is 153 Å². The predicted molar refractivity (Wildman–Crippen MR) is 96.8 cm³/mol. The summed E-state index contributed by atoms with van der Waals surface area (Å²) in [5.41, 5.74) is 6.21. The summed E-state index contributed by atoms with van der Waals surface area (Å²) < 4.78 is 6.61. The average Bonchev–Trinajstić information content (AvgIpc) is 2.95. The number of fused-ring (bicyclic) bond motifs is 1. The summed E-state index contributed by atoms with van der Waals surface area (Å²) in [7, 11) is 0. The molecule has 0 aliphatic rings. The molecule has 7 nitrogen and oxygen atoms in total. The highest BCUT2D eigenvalue weighted by Gasteiger charge is 2.10. The van der Waals surface area contributed by atoms with Crippen LogP contribution in [0.15, 0.2) is 57.7 Å². The Kier molecular flexibility index (Phi) is 5.38. The summed E-state index contributed by atoms with van der Waals surface area (Å²) in [6.07, 6.45) is 0.560. The molecule has 0 unspecified atom stereocenters. The Morgan fingerprint density at radius 3 is 2.69 bits per heavy atom. The van der Waals surface area contributed by atoms with Gasteiger partial charge in [0.2, 0.25) is 5.91 Å². The second-order valence-electron chi connectivity index (χ2n) is 5.60. The van der Waals surface area contributed by atoms with E-state index in [0.717, 1.165) is 0 Å². The van der Waals surface area contributed by atoms with E-state index in [4.69, 9.17) is 16.0 Å².